The van der Waals surface area contributed by atoms with Crippen LogP contribution >= 0.6 is 0 Å². The van der Waals surface area contributed by atoms with Crippen molar-refractivity contribution in [2.45, 2.75) is 52.5 Å². The molecule has 210 valence electrons. The number of amides is 1. The third kappa shape index (κ3) is 8.06. The summed E-state index contributed by atoms with van der Waals surface area (Å²) in [5.74, 6) is -0.107. The van der Waals surface area contributed by atoms with Crippen molar-refractivity contribution in [3.05, 3.63) is 59.2 Å². The minimum absolute atomic E-state index is 0.119. The lowest BCUT2D eigenvalue weighted by Crippen LogP contribution is -2.52. The lowest BCUT2D eigenvalue weighted by molar-refractivity contribution is -0.120. The van der Waals surface area contributed by atoms with Gasteiger partial charge in [-0.25, -0.2) is 4.39 Å². The van der Waals surface area contributed by atoms with Crippen molar-refractivity contribution in [2.75, 3.05) is 71.0 Å². The van der Waals surface area contributed by atoms with E-state index in [2.05, 4.69) is 47.9 Å². The number of hydrogen-bond donors (Lipinski definition) is 1. The molecule has 2 fully saturated rings. The number of carbonyl (C=O) groups excluding carboxylic acids is 1. The third-order valence-corrected chi connectivity index (χ3v) is 7.19. The van der Waals surface area contributed by atoms with Gasteiger partial charge < -0.3 is 19.9 Å². The number of fused-ring (bicyclic) bond motifs is 1. The van der Waals surface area contributed by atoms with Gasteiger partial charge in [-0.1, -0.05) is 45.9 Å². The van der Waals surface area contributed by atoms with Crippen molar-refractivity contribution in [3.63, 3.8) is 0 Å². The van der Waals surface area contributed by atoms with Gasteiger partial charge in [0.05, 0.1) is 25.4 Å². The fourth-order valence-electron chi connectivity index (χ4n) is 5.04. The van der Waals surface area contributed by atoms with Gasteiger partial charge in [0.25, 0.3) is 0 Å². The first-order chi connectivity index (χ1) is 18.2. The number of piperazine rings is 1. The fraction of sp³-hybridized carbons (Fsp3) is 0.600. The Labute approximate surface area is 228 Å². The van der Waals surface area contributed by atoms with Gasteiger partial charge in [0, 0.05) is 74.6 Å². The molecule has 0 aliphatic carbocycles. The molecule has 2 saturated heterocycles. The Morgan fingerprint density at radius 2 is 1.89 bits per heavy atom. The van der Waals surface area contributed by atoms with Gasteiger partial charge in [0.15, 0.2) is 0 Å². The van der Waals surface area contributed by atoms with E-state index in [0.29, 0.717) is 31.1 Å². The number of anilines is 1. The molecule has 0 spiro atoms. The van der Waals surface area contributed by atoms with Crippen LogP contribution in [-0.2, 0) is 21.4 Å². The molecule has 1 unspecified atom stereocenters. The van der Waals surface area contributed by atoms with Crippen LogP contribution in [0.2, 0.25) is 0 Å². The van der Waals surface area contributed by atoms with Crippen LogP contribution in [0.15, 0.2) is 36.5 Å². The summed E-state index contributed by atoms with van der Waals surface area (Å²) in [6.45, 7) is 18.2. The van der Waals surface area contributed by atoms with Gasteiger partial charge in [0.1, 0.15) is 5.82 Å². The highest BCUT2D eigenvalue weighted by Gasteiger charge is 2.39. The summed E-state index contributed by atoms with van der Waals surface area (Å²) in [6, 6.07) is 9.14. The van der Waals surface area contributed by atoms with E-state index in [1.807, 2.05) is 37.1 Å². The second-order valence-electron chi connectivity index (χ2n) is 10.8. The summed E-state index contributed by atoms with van der Waals surface area (Å²) in [7, 11) is 2.11. The zero-order valence-electron chi connectivity index (χ0n) is 24.1. The number of halogens is 1. The molecule has 38 heavy (non-hydrogen) atoms. The number of carbonyl (C=O) groups is 1. The Hall–Kier alpha value is -2.39. The SMILES string of the molecule is CC.CC1CN(CC(=O)N2CC(C)(C)c3cnc(Cc4ccccc4F)cc32)CCN1.CN1CCOCC1. The molecule has 3 aliphatic heterocycles. The summed E-state index contributed by atoms with van der Waals surface area (Å²) in [5, 5.41) is 3.41. The van der Waals surface area contributed by atoms with Crippen LogP contribution in [0.25, 0.3) is 0 Å². The Bertz CT molecular complexity index is 1040. The standard InChI is InChI=1S/C23H29FN4O.C5H11NO.C2H6/c1-16-13-27(9-8-25-16)14-22(29)28-15-23(2,3)19-12-26-18(11-21(19)28)10-17-6-4-5-7-20(17)24;1-6-2-4-7-5-3-6;1-2/h4-7,11-12,16,25H,8-10,13-15H2,1-3H3;2-5H2,1H3;1-2H3. The largest absolute Gasteiger partial charge is 0.379 e. The number of hydrogen-bond acceptors (Lipinski definition) is 6. The predicted octanol–water partition coefficient (Wildman–Crippen LogP) is 3.70. The number of morpholine rings is 1. The van der Waals surface area contributed by atoms with Gasteiger partial charge in [-0.3, -0.25) is 14.7 Å². The first-order valence-corrected chi connectivity index (χ1v) is 14.0. The zero-order chi connectivity index (χ0) is 27.7. The maximum Gasteiger partial charge on any atom is 0.241 e. The average Bonchev–Trinajstić information content (AvgIpc) is 3.18. The van der Waals surface area contributed by atoms with E-state index in [1.54, 1.807) is 12.1 Å². The summed E-state index contributed by atoms with van der Waals surface area (Å²) >= 11 is 0. The van der Waals surface area contributed by atoms with Gasteiger partial charge >= 0.3 is 0 Å². The van der Waals surface area contributed by atoms with Crippen molar-refractivity contribution >= 4 is 11.6 Å². The van der Waals surface area contributed by atoms with Crippen LogP contribution in [0.4, 0.5) is 10.1 Å². The molecule has 0 saturated carbocycles. The van der Waals surface area contributed by atoms with Crippen molar-refractivity contribution in [1.82, 2.24) is 20.1 Å². The maximum atomic E-state index is 14.1. The van der Waals surface area contributed by atoms with Crippen molar-refractivity contribution in [2.24, 2.45) is 0 Å². The first-order valence-electron chi connectivity index (χ1n) is 14.0. The molecule has 1 amide bonds. The van der Waals surface area contributed by atoms with E-state index in [-0.39, 0.29) is 17.1 Å². The lowest BCUT2D eigenvalue weighted by Gasteiger charge is -2.32. The smallest absolute Gasteiger partial charge is 0.241 e. The second kappa shape index (κ2) is 14.1. The highest BCUT2D eigenvalue weighted by atomic mass is 19.1. The Kier molecular flexibility index (Phi) is 11.2. The van der Waals surface area contributed by atoms with E-state index in [1.165, 1.54) is 6.07 Å². The minimum Gasteiger partial charge on any atom is -0.379 e. The summed E-state index contributed by atoms with van der Waals surface area (Å²) in [4.78, 5) is 24.1. The first kappa shape index (κ1) is 30.2. The van der Waals surface area contributed by atoms with Gasteiger partial charge in [0.2, 0.25) is 5.91 Å². The molecular formula is C30H46FN5O2. The van der Waals surface area contributed by atoms with E-state index in [9.17, 15) is 9.18 Å². The van der Waals surface area contributed by atoms with Crippen LogP contribution < -0.4 is 10.2 Å². The van der Waals surface area contributed by atoms with Crippen molar-refractivity contribution in [3.8, 4) is 0 Å². The van der Waals surface area contributed by atoms with Gasteiger partial charge in [-0.15, -0.1) is 0 Å². The lowest BCUT2D eigenvalue weighted by atomic mass is 9.88. The number of rotatable bonds is 4. The van der Waals surface area contributed by atoms with Crippen molar-refractivity contribution in [1.29, 1.82) is 0 Å². The van der Waals surface area contributed by atoms with Crippen LogP contribution in [0.3, 0.4) is 0 Å². The van der Waals surface area contributed by atoms with Crippen LogP contribution in [0.1, 0.15) is 51.4 Å². The molecule has 2 aromatic rings. The highest BCUT2D eigenvalue weighted by molar-refractivity contribution is 5.97. The van der Waals surface area contributed by atoms with Crippen molar-refractivity contribution < 1.29 is 13.9 Å². The molecule has 1 N–H and O–H groups in total. The molecule has 5 rings (SSSR count). The Balaban J connectivity index is 0.000000381. The molecule has 7 nitrogen and oxygen atoms in total. The number of nitrogens with zero attached hydrogens (tertiary/aromatic N) is 4. The summed E-state index contributed by atoms with van der Waals surface area (Å²) in [5.41, 5.74) is 3.25. The number of likely N-dealkylation sites (N-methyl/N-ethyl adjacent to an activating group) is 1. The molecule has 4 heterocycles. The summed E-state index contributed by atoms with van der Waals surface area (Å²) in [6.07, 6.45) is 2.28. The van der Waals surface area contributed by atoms with E-state index in [0.717, 1.165) is 62.9 Å². The number of aromatic nitrogens is 1. The number of nitrogens with one attached hydrogen (secondary N) is 1. The molecule has 8 heteroatoms. The maximum absolute atomic E-state index is 14.1. The molecule has 1 aromatic heterocycles. The molecule has 1 atom stereocenters. The van der Waals surface area contributed by atoms with E-state index in [4.69, 9.17) is 4.74 Å². The average molecular weight is 528 g/mol. The molecule has 1 aromatic carbocycles. The number of pyridine rings is 1. The molecule has 0 radical (unpaired) electrons. The quantitative estimate of drug-likeness (QED) is 0.654. The molecule has 0 bridgehead atoms. The van der Waals surface area contributed by atoms with Crippen LogP contribution in [0, 0.1) is 5.82 Å². The van der Waals surface area contributed by atoms with Crippen LogP contribution in [-0.4, -0.2) is 92.8 Å². The third-order valence-electron chi connectivity index (χ3n) is 7.19. The zero-order valence-corrected chi connectivity index (χ0v) is 24.1. The van der Waals surface area contributed by atoms with Gasteiger partial charge in [-0.05, 0) is 31.7 Å². The second-order valence-corrected chi connectivity index (χ2v) is 10.8. The predicted molar refractivity (Wildman–Crippen MR) is 152 cm³/mol. The monoisotopic (exact) mass is 527 g/mol. The van der Waals surface area contributed by atoms with E-state index >= 15 is 0 Å². The number of benzene rings is 1. The highest BCUT2D eigenvalue weighted by Crippen LogP contribution is 2.40. The molecular weight excluding hydrogens is 481 g/mol. The summed E-state index contributed by atoms with van der Waals surface area (Å²) < 4.78 is 19.2. The minimum atomic E-state index is -0.226. The van der Waals surface area contributed by atoms with Crippen LogP contribution in [0.5, 0.6) is 0 Å². The molecule has 3 aliphatic rings. The van der Waals surface area contributed by atoms with E-state index < -0.39 is 0 Å². The topological polar surface area (TPSA) is 60.9 Å². The Morgan fingerprint density at radius 3 is 2.53 bits per heavy atom. The normalized spacial score (nSPS) is 21.0. The fourth-order valence-corrected chi connectivity index (χ4v) is 5.04. The Morgan fingerprint density at radius 1 is 1.18 bits per heavy atom. The van der Waals surface area contributed by atoms with Gasteiger partial charge in [-0.2, -0.15) is 0 Å². The number of ether oxygens (including phenoxy) is 1.